The first kappa shape index (κ1) is 14.3. The summed E-state index contributed by atoms with van der Waals surface area (Å²) in [7, 11) is 0. The molecule has 2 aromatic rings. The first-order chi connectivity index (χ1) is 9.15. The van der Waals surface area contributed by atoms with Gasteiger partial charge in [0.05, 0.1) is 17.3 Å². The van der Waals surface area contributed by atoms with Gasteiger partial charge in [0.25, 0.3) is 0 Å². The Hall–Kier alpha value is -1.10. The van der Waals surface area contributed by atoms with Crippen molar-refractivity contribution >= 4 is 22.9 Å². The number of aromatic nitrogens is 1. The van der Waals surface area contributed by atoms with Gasteiger partial charge in [-0.2, -0.15) is 0 Å². The molecule has 1 aromatic carbocycles. The van der Waals surface area contributed by atoms with Gasteiger partial charge >= 0.3 is 0 Å². The Morgan fingerprint density at radius 3 is 2.89 bits per heavy atom. The third-order valence-corrected chi connectivity index (χ3v) is 4.06. The van der Waals surface area contributed by atoms with Crippen LogP contribution in [0, 0.1) is 6.92 Å². The third-order valence-electron chi connectivity index (χ3n) is 2.75. The van der Waals surface area contributed by atoms with Crippen LogP contribution in [0.2, 0.25) is 5.02 Å². The second-order valence-electron chi connectivity index (χ2n) is 4.20. The molecule has 1 aromatic heterocycles. The van der Waals surface area contributed by atoms with Crippen molar-refractivity contribution in [2.24, 2.45) is 5.73 Å². The van der Waals surface area contributed by atoms with Crippen molar-refractivity contribution in [3.05, 3.63) is 33.1 Å². The van der Waals surface area contributed by atoms with Crippen LogP contribution in [0.25, 0.3) is 11.3 Å². The summed E-state index contributed by atoms with van der Waals surface area (Å²) >= 11 is 7.82. The summed E-state index contributed by atoms with van der Waals surface area (Å²) in [5.41, 5.74) is 8.40. The zero-order valence-electron chi connectivity index (χ0n) is 11.1. The fraction of sp³-hybridized carbons (Fsp3) is 0.357. The van der Waals surface area contributed by atoms with Crippen LogP contribution in [0.15, 0.2) is 17.5 Å². The molecule has 1 heterocycles. The van der Waals surface area contributed by atoms with Crippen LogP contribution in [0.4, 0.5) is 0 Å². The molecular formula is C14H17ClN2OS. The molecule has 0 aliphatic heterocycles. The number of nitrogens with two attached hydrogens (primary N) is 1. The van der Waals surface area contributed by atoms with Crippen molar-refractivity contribution in [1.29, 1.82) is 0 Å². The highest BCUT2D eigenvalue weighted by atomic mass is 35.5. The molecule has 0 bridgehead atoms. The molecule has 5 heteroatoms. The smallest absolute Gasteiger partial charge is 0.129 e. The zero-order chi connectivity index (χ0) is 13.8. The van der Waals surface area contributed by atoms with Crippen LogP contribution in [0.1, 0.15) is 17.5 Å². The highest BCUT2D eigenvalue weighted by Crippen LogP contribution is 2.35. The van der Waals surface area contributed by atoms with Crippen molar-refractivity contribution < 1.29 is 4.74 Å². The zero-order valence-corrected chi connectivity index (χ0v) is 12.6. The lowest BCUT2D eigenvalue weighted by Gasteiger charge is -2.10. The molecule has 0 amide bonds. The first-order valence-corrected chi connectivity index (χ1v) is 7.49. The summed E-state index contributed by atoms with van der Waals surface area (Å²) < 4.78 is 5.68. The quantitative estimate of drug-likeness (QED) is 0.916. The van der Waals surface area contributed by atoms with Crippen LogP contribution in [-0.4, -0.2) is 18.1 Å². The highest BCUT2D eigenvalue weighted by molar-refractivity contribution is 7.09. The number of thiazole rings is 1. The molecule has 2 N–H and O–H groups in total. The fourth-order valence-electron chi connectivity index (χ4n) is 1.80. The number of hydrogen-bond acceptors (Lipinski definition) is 4. The molecule has 0 spiro atoms. The molecule has 0 saturated carbocycles. The van der Waals surface area contributed by atoms with Gasteiger partial charge in [0.2, 0.25) is 0 Å². The molecule has 19 heavy (non-hydrogen) atoms. The van der Waals surface area contributed by atoms with Gasteiger partial charge in [-0.3, -0.25) is 0 Å². The van der Waals surface area contributed by atoms with Gasteiger partial charge in [0.1, 0.15) is 5.75 Å². The molecule has 102 valence electrons. The minimum atomic E-state index is 0.611. The standard InChI is InChI=1S/C14H17ClN2OS/c1-3-18-13-6-9(2)11(15)7-10(13)12-8-19-14(17-12)4-5-16/h6-8H,3-5,16H2,1-2H3. The normalized spacial score (nSPS) is 10.7. The second-order valence-corrected chi connectivity index (χ2v) is 5.55. The minimum Gasteiger partial charge on any atom is -0.493 e. The van der Waals surface area contributed by atoms with E-state index < -0.39 is 0 Å². The maximum absolute atomic E-state index is 6.20. The molecule has 3 nitrogen and oxygen atoms in total. The summed E-state index contributed by atoms with van der Waals surface area (Å²) in [6, 6.07) is 3.88. The van der Waals surface area contributed by atoms with E-state index in [0.717, 1.165) is 39.0 Å². The number of benzene rings is 1. The predicted molar refractivity (Wildman–Crippen MR) is 81.2 cm³/mol. The lowest BCUT2D eigenvalue weighted by atomic mass is 10.1. The Morgan fingerprint density at radius 1 is 1.42 bits per heavy atom. The van der Waals surface area contributed by atoms with Gasteiger partial charge in [-0.05, 0) is 38.1 Å². The largest absolute Gasteiger partial charge is 0.493 e. The number of halogens is 1. The second kappa shape index (κ2) is 6.37. The van der Waals surface area contributed by atoms with E-state index in [2.05, 4.69) is 4.98 Å². The number of aryl methyl sites for hydroxylation is 1. The monoisotopic (exact) mass is 296 g/mol. The van der Waals surface area contributed by atoms with Crippen LogP contribution in [0.3, 0.4) is 0 Å². The Labute approximate surface area is 122 Å². The van der Waals surface area contributed by atoms with E-state index in [1.165, 1.54) is 0 Å². The first-order valence-electron chi connectivity index (χ1n) is 6.23. The Bertz CT molecular complexity index is 569. The molecule has 0 atom stereocenters. The van der Waals surface area contributed by atoms with E-state index in [9.17, 15) is 0 Å². The summed E-state index contributed by atoms with van der Waals surface area (Å²) in [6.45, 7) is 5.16. The Morgan fingerprint density at radius 2 is 2.21 bits per heavy atom. The average Bonchev–Trinajstić information content (AvgIpc) is 2.83. The summed E-state index contributed by atoms with van der Waals surface area (Å²) in [5, 5.41) is 3.79. The van der Waals surface area contributed by atoms with Gasteiger partial charge in [0, 0.05) is 22.4 Å². The van der Waals surface area contributed by atoms with Crippen LogP contribution in [0.5, 0.6) is 5.75 Å². The maximum Gasteiger partial charge on any atom is 0.129 e. The molecule has 0 unspecified atom stereocenters. The van der Waals surface area contributed by atoms with Crippen molar-refractivity contribution in [1.82, 2.24) is 4.98 Å². The van der Waals surface area contributed by atoms with Gasteiger partial charge < -0.3 is 10.5 Å². The summed E-state index contributed by atoms with van der Waals surface area (Å²) in [6.07, 6.45) is 0.800. The van der Waals surface area contributed by atoms with Gasteiger partial charge in [0.15, 0.2) is 0 Å². The van der Waals surface area contributed by atoms with Crippen molar-refractivity contribution in [3.8, 4) is 17.0 Å². The molecule has 0 fully saturated rings. The Balaban J connectivity index is 2.43. The fourth-order valence-corrected chi connectivity index (χ4v) is 2.78. The number of rotatable bonds is 5. The summed E-state index contributed by atoms with van der Waals surface area (Å²) in [4.78, 5) is 4.58. The van der Waals surface area contributed by atoms with Crippen LogP contribution in [-0.2, 0) is 6.42 Å². The van der Waals surface area contributed by atoms with E-state index in [0.29, 0.717) is 13.2 Å². The lowest BCUT2D eigenvalue weighted by molar-refractivity contribution is 0.341. The highest BCUT2D eigenvalue weighted by Gasteiger charge is 2.12. The van der Waals surface area contributed by atoms with E-state index in [1.807, 2.05) is 31.4 Å². The van der Waals surface area contributed by atoms with Crippen molar-refractivity contribution in [2.45, 2.75) is 20.3 Å². The predicted octanol–water partition coefficient (Wildman–Crippen LogP) is 3.67. The Kier molecular flexibility index (Phi) is 4.80. The molecule has 0 aliphatic carbocycles. The topological polar surface area (TPSA) is 48.1 Å². The van der Waals surface area contributed by atoms with Gasteiger partial charge in [-0.1, -0.05) is 11.6 Å². The minimum absolute atomic E-state index is 0.611. The molecule has 2 rings (SSSR count). The van der Waals surface area contributed by atoms with Crippen LogP contribution >= 0.6 is 22.9 Å². The SMILES string of the molecule is CCOc1cc(C)c(Cl)cc1-c1csc(CCN)n1. The maximum atomic E-state index is 6.20. The van der Waals surface area contributed by atoms with E-state index in [4.69, 9.17) is 22.1 Å². The third kappa shape index (κ3) is 3.26. The van der Waals surface area contributed by atoms with Crippen molar-refractivity contribution in [3.63, 3.8) is 0 Å². The van der Waals surface area contributed by atoms with Gasteiger partial charge in [-0.25, -0.2) is 4.98 Å². The lowest BCUT2D eigenvalue weighted by Crippen LogP contribution is -2.02. The van der Waals surface area contributed by atoms with E-state index >= 15 is 0 Å². The summed E-state index contributed by atoms with van der Waals surface area (Å²) in [5.74, 6) is 0.828. The van der Waals surface area contributed by atoms with Gasteiger partial charge in [-0.15, -0.1) is 11.3 Å². The number of hydrogen-bond donors (Lipinski definition) is 1. The number of nitrogens with zero attached hydrogens (tertiary/aromatic N) is 1. The van der Waals surface area contributed by atoms with Crippen LogP contribution < -0.4 is 10.5 Å². The molecule has 0 aliphatic rings. The molecule has 0 saturated heterocycles. The molecule has 0 radical (unpaired) electrons. The van der Waals surface area contributed by atoms with E-state index in [1.54, 1.807) is 11.3 Å². The number of ether oxygens (including phenoxy) is 1. The van der Waals surface area contributed by atoms with E-state index in [-0.39, 0.29) is 0 Å². The molecular weight excluding hydrogens is 280 g/mol. The average molecular weight is 297 g/mol. The van der Waals surface area contributed by atoms with Crippen molar-refractivity contribution in [2.75, 3.05) is 13.2 Å².